The number of benzene rings is 2. The summed E-state index contributed by atoms with van der Waals surface area (Å²) in [7, 11) is 0. The summed E-state index contributed by atoms with van der Waals surface area (Å²) < 4.78 is 1.06. The first-order chi connectivity index (χ1) is 12.9. The molecule has 2 N–H and O–H groups in total. The largest absolute Gasteiger partial charge is 0.506 e. The molecular weight excluding hydrogens is 386 g/mol. The number of amides is 2. The molecule has 1 saturated heterocycles. The molecule has 2 amide bonds. The third-order valence-electron chi connectivity index (χ3n) is 4.50. The standard InChI is InChI=1S/C19H16ClN3O3S/c1-10-21-15-8-13(3-5-17(15)27-10)23-9-11(6-18(23)25)19(26)22-14-7-12(20)2-4-16(14)24/h2-5,7-8,11,24H,6,9H2,1H3,(H,22,26). The molecule has 1 aromatic heterocycles. The van der Waals surface area contributed by atoms with Crippen LogP contribution in [0.25, 0.3) is 10.2 Å². The van der Waals surface area contributed by atoms with E-state index in [1.165, 1.54) is 18.2 Å². The van der Waals surface area contributed by atoms with Crippen LogP contribution in [-0.4, -0.2) is 28.4 Å². The van der Waals surface area contributed by atoms with Gasteiger partial charge in [0.2, 0.25) is 11.8 Å². The van der Waals surface area contributed by atoms with Gasteiger partial charge in [0.15, 0.2) is 0 Å². The fraction of sp³-hybridized carbons (Fsp3) is 0.211. The lowest BCUT2D eigenvalue weighted by atomic mass is 10.1. The Labute approximate surface area is 164 Å². The number of fused-ring (bicyclic) bond motifs is 1. The SMILES string of the molecule is Cc1nc2cc(N3CC(C(=O)Nc4cc(Cl)ccc4O)CC3=O)ccc2s1. The second kappa shape index (κ2) is 6.83. The van der Waals surface area contributed by atoms with E-state index in [4.69, 9.17) is 11.6 Å². The highest BCUT2D eigenvalue weighted by Crippen LogP contribution is 2.32. The van der Waals surface area contributed by atoms with Crippen LogP contribution in [0.4, 0.5) is 11.4 Å². The molecule has 6 nitrogen and oxygen atoms in total. The van der Waals surface area contributed by atoms with Crippen molar-refractivity contribution < 1.29 is 14.7 Å². The van der Waals surface area contributed by atoms with Gasteiger partial charge < -0.3 is 15.3 Å². The lowest BCUT2D eigenvalue weighted by Crippen LogP contribution is -2.28. The molecule has 0 aliphatic carbocycles. The molecule has 1 aliphatic rings. The minimum absolute atomic E-state index is 0.0710. The maximum Gasteiger partial charge on any atom is 0.229 e. The monoisotopic (exact) mass is 401 g/mol. The van der Waals surface area contributed by atoms with Crippen LogP contribution in [0.5, 0.6) is 5.75 Å². The highest BCUT2D eigenvalue weighted by atomic mass is 35.5. The van der Waals surface area contributed by atoms with Gasteiger partial charge in [-0.25, -0.2) is 4.98 Å². The van der Waals surface area contributed by atoms with Crippen molar-refractivity contribution in [3.63, 3.8) is 0 Å². The second-order valence-electron chi connectivity index (χ2n) is 6.44. The first kappa shape index (κ1) is 17.8. The van der Waals surface area contributed by atoms with Gasteiger partial charge in [0.25, 0.3) is 0 Å². The van der Waals surface area contributed by atoms with Crippen molar-refractivity contribution in [3.8, 4) is 5.75 Å². The number of halogens is 1. The summed E-state index contributed by atoms with van der Waals surface area (Å²) in [5.74, 6) is -1.02. The van der Waals surface area contributed by atoms with Gasteiger partial charge in [0, 0.05) is 23.7 Å². The summed E-state index contributed by atoms with van der Waals surface area (Å²) >= 11 is 7.51. The number of aromatic hydroxyl groups is 1. The van der Waals surface area contributed by atoms with E-state index in [-0.39, 0.29) is 36.2 Å². The van der Waals surface area contributed by atoms with Gasteiger partial charge >= 0.3 is 0 Å². The van der Waals surface area contributed by atoms with E-state index in [9.17, 15) is 14.7 Å². The first-order valence-corrected chi connectivity index (χ1v) is 9.57. The van der Waals surface area contributed by atoms with Crippen molar-refractivity contribution in [1.82, 2.24) is 4.98 Å². The Kier molecular flexibility index (Phi) is 4.49. The Hall–Kier alpha value is -2.64. The molecule has 1 atom stereocenters. The summed E-state index contributed by atoms with van der Waals surface area (Å²) in [5, 5.41) is 13.9. The Morgan fingerprint density at radius 3 is 2.96 bits per heavy atom. The molecule has 1 fully saturated rings. The maximum atomic E-state index is 12.6. The molecule has 8 heteroatoms. The molecule has 0 saturated carbocycles. The van der Waals surface area contributed by atoms with Crippen LogP contribution in [0.3, 0.4) is 0 Å². The summed E-state index contributed by atoms with van der Waals surface area (Å²) in [5.41, 5.74) is 1.82. The molecule has 3 aromatic rings. The predicted octanol–water partition coefficient (Wildman–Crippen LogP) is 3.96. The predicted molar refractivity (Wildman–Crippen MR) is 107 cm³/mol. The highest BCUT2D eigenvalue weighted by molar-refractivity contribution is 7.18. The number of nitrogens with one attached hydrogen (secondary N) is 1. The Balaban J connectivity index is 1.52. The molecule has 2 aromatic carbocycles. The van der Waals surface area contributed by atoms with Crippen LogP contribution in [-0.2, 0) is 9.59 Å². The van der Waals surface area contributed by atoms with E-state index < -0.39 is 5.92 Å². The first-order valence-electron chi connectivity index (χ1n) is 8.37. The molecule has 0 radical (unpaired) electrons. The Morgan fingerprint density at radius 2 is 2.15 bits per heavy atom. The van der Waals surface area contributed by atoms with E-state index in [2.05, 4.69) is 10.3 Å². The van der Waals surface area contributed by atoms with Crippen LogP contribution >= 0.6 is 22.9 Å². The van der Waals surface area contributed by atoms with Crippen molar-refractivity contribution in [1.29, 1.82) is 0 Å². The number of phenols is 1. The van der Waals surface area contributed by atoms with Gasteiger partial charge in [-0.2, -0.15) is 0 Å². The number of phenolic OH excluding ortho intramolecular Hbond substituents is 1. The number of carbonyl (C=O) groups is 2. The Morgan fingerprint density at radius 1 is 1.33 bits per heavy atom. The molecule has 1 unspecified atom stereocenters. The second-order valence-corrected chi connectivity index (χ2v) is 8.11. The summed E-state index contributed by atoms with van der Waals surface area (Å²) in [6, 6.07) is 10.1. The average molecular weight is 402 g/mol. The normalized spacial score (nSPS) is 16.9. The molecule has 1 aliphatic heterocycles. The minimum atomic E-state index is -0.510. The fourth-order valence-corrected chi connectivity index (χ4v) is 4.15. The smallest absolute Gasteiger partial charge is 0.229 e. The fourth-order valence-electron chi connectivity index (χ4n) is 3.17. The lowest BCUT2D eigenvalue weighted by molar-refractivity contribution is -0.122. The molecule has 0 bridgehead atoms. The van der Waals surface area contributed by atoms with Gasteiger partial charge in [-0.3, -0.25) is 9.59 Å². The van der Waals surface area contributed by atoms with Crippen LogP contribution < -0.4 is 10.2 Å². The number of hydrogen-bond acceptors (Lipinski definition) is 5. The van der Waals surface area contributed by atoms with Gasteiger partial charge in [0.05, 0.1) is 26.8 Å². The summed E-state index contributed by atoms with van der Waals surface area (Å²) in [6.07, 6.45) is 0.112. The number of nitrogens with zero attached hydrogens (tertiary/aromatic N) is 2. The third-order valence-corrected chi connectivity index (χ3v) is 5.69. The van der Waals surface area contributed by atoms with E-state index in [0.29, 0.717) is 5.02 Å². The highest BCUT2D eigenvalue weighted by Gasteiger charge is 2.35. The van der Waals surface area contributed by atoms with Gasteiger partial charge in [-0.15, -0.1) is 11.3 Å². The minimum Gasteiger partial charge on any atom is -0.506 e. The van der Waals surface area contributed by atoms with E-state index >= 15 is 0 Å². The Bertz CT molecular complexity index is 1070. The number of rotatable bonds is 3. The van der Waals surface area contributed by atoms with E-state index in [1.54, 1.807) is 16.2 Å². The van der Waals surface area contributed by atoms with Crippen LogP contribution in [0.1, 0.15) is 11.4 Å². The zero-order chi connectivity index (χ0) is 19.1. The number of hydrogen-bond donors (Lipinski definition) is 2. The number of anilines is 2. The maximum absolute atomic E-state index is 12.6. The quantitative estimate of drug-likeness (QED) is 0.651. The zero-order valence-electron chi connectivity index (χ0n) is 14.4. The molecule has 4 rings (SSSR count). The number of thiazole rings is 1. The summed E-state index contributed by atoms with van der Waals surface area (Å²) in [6.45, 7) is 2.22. The van der Waals surface area contributed by atoms with Gasteiger partial charge in [-0.1, -0.05) is 11.6 Å². The molecular formula is C19H16ClN3O3S. The molecule has 2 heterocycles. The third kappa shape index (κ3) is 3.48. The average Bonchev–Trinajstić information content (AvgIpc) is 3.19. The van der Waals surface area contributed by atoms with Crippen molar-refractivity contribution in [2.45, 2.75) is 13.3 Å². The van der Waals surface area contributed by atoms with Crippen molar-refractivity contribution in [3.05, 3.63) is 46.4 Å². The summed E-state index contributed by atoms with van der Waals surface area (Å²) in [4.78, 5) is 31.1. The van der Waals surface area contributed by atoms with Crippen LogP contribution in [0, 0.1) is 12.8 Å². The van der Waals surface area contributed by atoms with Crippen molar-refractivity contribution in [2.24, 2.45) is 5.92 Å². The molecule has 27 heavy (non-hydrogen) atoms. The molecule has 0 spiro atoms. The van der Waals surface area contributed by atoms with E-state index in [0.717, 1.165) is 20.9 Å². The zero-order valence-corrected chi connectivity index (χ0v) is 16.0. The van der Waals surface area contributed by atoms with Gasteiger partial charge in [-0.05, 0) is 43.3 Å². The van der Waals surface area contributed by atoms with Crippen LogP contribution in [0.15, 0.2) is 36.4 Å². The number of aryl methyl sites for hydroxylation is 1. The van der Waals surface area contributed by atoms with Crippen molar-refractivity contribution >= 4 is 56.3 Å². The number of carbonyl (C=O) groups excluding carboxylic acids is 2. The molecule has 138 valence electrons. The lowest BCUT2D eigenvalue weighted by Gasteiger charge is -2.17. The van der Waals surface area contributed by atoms with Crippen LogP contribution in [0.2, 0.25) is 5.02 Å². The van der Waals surface area contributed by atoms with Gasteiger partial charge in [0.1, 0.15) is 5.75 Å². The van der Waals surface area contributed by atoms with E-state index in [1.807, 2.05) is 25.1 Å². The van der Waals surface area contributed by atoms with Crippen molar-refractivity contribution in [2.75, 3.05) is 16.8 Å². The number of aromatic nitrogens is 1. The topological polar surface area (TPSA) is 82.5 Å².